The summed E-state index contributed by atoms with van der Waals surface area (Å²) in [5, 5.41) is 11.6. The molecule has 3 fully saturated rings. The average molecular weight is 369 g/mol. The highest BCUT2D eigenvalue weighted by Gasteiger charge is 2.39. The molecule has 0 saturated carbocycles. The van der Waals surface area contributed by atoms with Gasteiger partial charge in [0.15, 0.2) is 5.69 Å². The molecule has 3 saturated heterocycles. The number of carbonyl (C=O) groups is 1. The molecule has 27 heavy (non-hydrogen) atoms. The monoisotopic (exact) mass is 369 g/mol. The van der Waals surface area contributed by atoms with Crippen LogP contribution in [-0.2, 0) is 19.4 Å². The Hall–Kier alpha value is -2.15. The van der Waals surface area contributed by atoms with Gasteiger partial charge in [0, 0.05) is 49.0 Å². The van der Waals surface area contributed by atoms with E-state index in [0.717, 1.165) is 68.9 Å². The van der Waals surface area contributed by atoms with Crippen LogP contribution in [0.2, 0.25) is 0 Å². The summed E-state index contributed by atoms with van der Waals surface area (Å²) in [5.41, 5.74) is 5.17. The van der Waals surface area contributed by atoms with Crippen molar-refractivity contribution in [3.8, 4) is 0 Å². The van der Waals surface area contributed by atoms with Crippen molar-refractivity contribution in [1.82, 2.24) is 25.2 Å². The lowest BCUT2D eigenvalue weighted by Crippen LogP contribution is -2.47. The van der Waals surface area contributed by atoms with E-state index >= 15 is 0 Å². The molecule has 4 aliphatic rings. The fourth-order valence-electron chi connectivity index (χ4n) is 5.14. The molecule has 5 heterocycles. The first-order valence-electron chi connectivity index (χ1n) is 10.1. The molecule has 7 nitrogen and oxygen atoms in total. The number of aromatic amines is 1. The summed E-state index contributed by atoms with van der Waals surface area (Å²) in [6.45, 7) is 7.64. The summed E-state index contributed by atoms with van der Waals surface area (Å²) in [6.07, 6.45) is 5.41. The highest BCUT2D eigenvalue weighted by Crippen LogP contribution is 2.32. The van der Waals surface area contributed by atoms with Crippen molar-refractivity contribution in [2.75, 3.05) is 19.6 Å². The molecule has 1 amide bonds. The summed E-state index contributed by atoms with van der Waals surface area (Å²) in [4.78, 5) is 17.9. The van der Waals surface area contributed by atoms with Crippen LogP contribution in [0.5, 0.6) is 0 Å². The Balaban J connectivity index is 1.36. The summed E-state index contributed by atoms with van der Waals surface area (Å²) >= 11 is 0. The molecule has 7 heteroatoms. The van der Waals surface area contributed by atoms with Gasteiger partial charge >= 0.3 is 0 Å². The van der Waals surface area contributed by atoms with Crippen LogP contribution in [0.25, 0.3) is 0 Å². The van der Waals surface area contributed by atoms with Gasteiger partial charge in [-0.2, -0.15) is 5.10 Å². The summed E-state index contributed by atoms with van der Waals surface area (Å²) in [7, 11) is 0. The van der Waals surface area contributed by atoms with Crippen LogP contribution in [0, 0.1) is 19.8 Å². The van der Waals surface area contributed by atoms with E-state index in [-0.39, 0.29) is 11.9 Å². The Kier molecular flexibility index (Phi) is 4.07. The molecule has 0 aromatic carbocycles. The number of hydrogen-bond acceptors (Lipinski definition) is 5. The first kappa shape index (κ1) is 17.0. The maximum atomic E-state index is 13.3. The Morgan fingerprint density at radius 2 is 2.11 bits per heavy atom. The minimum Gasteiger partial charge on any atom is -0.361 e. The number of fused-ring (bicyclic) bond motifs is 5. The smallest absolute Gasteiger partial charge is 0.274 e. The SMILES string of the molecule is Cc1noc(C)c1CN1C[C@H]2CC[C@@H](C1)N(C(=O)c1n[nH]c3c1CCC3)C2. The van der Waals surface area contributed by atoms with Crippen molar-refractivity contribution < 1.29 is 9.32 Å². The van der Waals surface area contributed by atoms with E-state index in [1.807, 2.05) is 13.8 Å². The number of piperidine rings is 1. The molecule has 2 atom stereocenters. The summed E-state index contributed by atoms with van der Waals surface area (Å²) < 4.78 is 5.34. The van der Waals surface area contributed by atoms with Crippen molar-refractivity contribution in [3.63, 3.8) is 0 Å². The van der Waals surface area contributed by atoms with Crippen LogP contribution in [0.1, 0.15) is 58.0 Å². The van der Waals surface area contributed by atoms with Crippen LogP contribution in [0.3, 0.4) is 0 Å². The fraction of sp³-hybridized carbons (Fsp3) is 0.650. The standard InChI is InChI=1S/C20H27N5O2/c1-12-17(13(2)27-23-12)11-24-8-14-6-7-15(10-24)25(9-14)20(26)19-16-4-3-5-18(16)21-22-19/h14-15H,3-11H2,1-2H3,(H,21,22)/t14-,15+/m1/s1. The number of nitrogens with zero attached hydrogens (tertiary/aromatic N) is 4. The van der Waals surface area contributed by atoms with Gasteiger partial charge in [0.25, 0.3) is 5.91 Å². The molecule has 1 aliphatic carbocycles. The average Bonchev–Trinajstić information content (AvgIpc) is 3.27. The Morgan fingerprint density at radius 1 is 1.22 bits per heavy atom. The van der Waals surface area contributed by atoms with Crippen molar-refractivity contribution in [1.29, 1.82) is 0 Å². The highest BCUT2D eigenvalue weighted by atomic mass is 16.5. The number of aromatic nitrogens is 3. The number of aryl methyl sites for hydroxylation is 3. The third-order valence-electron chi connectivity index (χ3n) is 6.62. The number of nitrogens with one attached hydrogen (secondary N) is 1. The minimum atomic E-state index is 0.128. The zero-order chi connectivity index (χ0) is 18.5. The summed E-state index contributed by atoms with van der Waals surface area (Å²) in [6, 6.07) is 0.269. The van der Waals surface area contributed by atoms with Gasteiger partial charge in [-0.25, -0.2) is 0 Å². The van der Waals surface area contributed by atoms with Gasteiger partial charge < -0.3 is 9.42 Å². The molecule has 0 spiro atoms. The third-order valence-corrected chi connectivity index (χ3v) is 6.62. The van der Waals surface area contributed by atoms with Crippen LogP contribution in [-0.4, -0.2) is 56.7 Å². The van der Waals surface area contributed by atoms with Gasteiger partial charge in [0.1, 0.15) is 5.76 Å². The van der Waals surface area contributed by atoms with Gasteiger partial charge in [-0.1, -0.05) is 5.16 Å². The van der Waals surface area contributed by atoms with E-state index in [2.05, 4.69) is 25.2 Å². The zero-order valence-electron chi connectivity index (χ0n) is 16.1. The number of hydrogen-bond donors (Lipinski definition) is 1. The fourth-order valence-corrected chi connectivity index (χ4v) is 5.14. The normalized spacial score (nSPS) is 25.0. The van der Waals surface area contributed by atoms with Gasteiger partial charge in [-0.05, 0) is 51.9 Å². The quantitative estimate of drug-likeness (QED) is 0.898. The van der Waals surface area contributed by atoms with Crippen molar-refractivity contribution in [3.05, 3.63) is 34.0 Å². The molecule has 0 radical (unpaired) electrons. The zero-order valence-corrected chi connectivity index (χ0v) is 16.1. The van der Waals surface area contributed by atoms with Crippen LogP contribution in [0.4, 0.5) is 0 Å². The second-order valence-electron chi connectivity index (χ2n) is 8.43. The lowest BCUT2D eigenvalue weighted by atomic mass is 9.94. The van der Waals surface area contributed by atoms with E-state index in [4.69, 9.17) is 4.52 Å². The number of carbonyl (C=O) groups excluding carboxylic acids is 1. The topological polar surface area (TPSA) is 78.3 Å². The molecule has 1 N–H and O–H groups in total. The lowest BCUT2D eigenvalue weighted by molar-refractivity contribution is 0.0577. The van der Waals surface area contributed by atoms with E-state index in [0.29, 0.717) is 11.6 Å². The molecular weight excluding hydrogens is 342 g/mol. The Bertz CT molecular complexity index is 850. The maximum Gasteiger partial charge on any atom is 0.274 e. The molecule has 2 aromatic rings. The first-order chi connectivity index (χ1) is 13.1. The minimum absolute atomic E-state index is 0.128. The third kappa shape index (κ3) is 2.88. The number of rotatable bonds is 3. The molecule has 3 aliphatic heterocycles. The van der Waals surface area contributed by atoms with Crippen LogP contribution >= 0.6 is 0 Å². The van der Waals surface area contributed by atoms with E-state index in [9.17, 15) is 4.79 Å². The van der Waals surface area contributed by atoms with E-state index in [1.165, 1.54) is 17.7 Å². The Labute approximate surface area is 159 Å². The first-order valence-corrected chi connectivity index (χ1v) is 10.1. The van der Waals surface area contributed by atoms with E-state index in [1.54, 1.807) is 0 Å². The maximum absolute atomic E-state index is 13.3. The molecule has 144 valence electrons. The largest absolute Gasteiger partial charge is 0.361 e. The highest BCUT2D eigenvalue weighted by molar-refractivity contribution is 5.94. The summed E-state index contributed by atoms with van der Waals surface area (Å²) in [5.74, 6) is 1.56. The molecular formula is C20H27N5O2. The van der Waals surface area contributed by atoms with Crippen LogP contribution in [0.15, 0.2) is 4.52 Å². The van der Waals surface area contributed by atoms with Crippen molar-refractivity contribution in [2.45, 2.75) is 58.5 Å². The van der Waals surface area contributed by atoms with Crippen molar-refractivity contribution in [2.24, 2.45) is 5.92 Å². The lowest BCUT2D eigenvalue weighted by Gasteiger charge is -2.36. The molecule has 2 bridgehead atoms. The number of H-pyrrole nitrogens is 1. The van der Waals surface area contributed by atoms with Crippen molar-refractivity contribution >= 4 is 5.91 Å². The van der Waals surface area contributed by atoms with Gasteiger partial charge in [0.05, 0.1) is 5.69 Å². The Morgan fingerprint density at radius 3 is 2.93 bits per heavy atom. The predicted octanol–water partition coefficient (Wildman–Crippen LogP) is 2.24. The second kappa shape index (κ2) is 6.48. The molecule has 6 rings (SSSR count). The second-order valence-corrected chi connectivity index (χ2v) is 8.43. The van der Waals surface area contributed by atoms with Gasteiger partial charge in [-0.3, -0.25) is 14.8 Å². The van der Waals surface area contributed by atoms with E-state index < -0.39 is 0 Å². The molecule has 2 aromatic heterocycles. The number of amides is 1. The van der Waals surface area contributed by atoms with Gasteiger partial charge in [-0.15, -0.1) is 0 Å². The predicted molar refractivity (Wildman–Crippen MR) is 99.4 cm³/mol. The molecule has 0 unspecified atom stereocenters. The van der Waals surface area contributed by atoms with Gasteiger partial charge in [0.2, 0.25) is 0 Å². The van der Waals surface area contributed by atoms with Crippen LogP contribution < -0.4 is 0 Å².